The van der Waals surface area contributed by atoms with E-state index in [2.05, 4.69) is 18.2 Å². The van der Waals surface area contributed by atoms with Gasteiger partial charge in [0.15, 0.2) is 0 Å². The van der Waals surface area contributed by atoms with Gasteiger partial charge in [-0.2, -0.15) is 0 Å². The third-order valence-corrected chi connectivity index (χ3v) is 4.24. The molecule has 0 spiro atoms. The van der Waals surface area contributed by atoms with Crippen molar-refractivity contribution < 1.29 is 9.47 Å². The Balaban J connectivity index is 1.50. The van der Waals surface area contributed by atoms with Crippen molar-refractivity contribution >= 4 is 0 Å². The van der Waals surface area contributed by atoms with Crippen molar-refractivity contribution in [2.24, 2.45) is 5.73 Å². The van der Waals surface area contributed by atoms with Gasteiger partial charge in [-0.3, -0.25) is 0 Å². The summed E-state index contributed by atoms with van der Waals surface area (Å²) in [6.07, 6.45) is 6.29. The van der Waals surface area contributed by atoms with Crippen molar-refractivity contribution in [3.63, 3.8) is 0 Å². The van der Waals surface area contributed by atoms with Crippen LogP contribution in [0.15, 0.2) is 18.2 Å². The largest absolute Gasteiger partial charge is 0.378 e. The van der Waals surface area contributed by atoms with Gasteiger partial charge in [0.05, 0.1) is 19.3 Å². The molecule has 0 amide bonds. The summed E-state index contributed by atoms with van der Waals surface area (Å²) in [4.78, 5) is 0. The van der Waals surface area contributed by atoms with Crippen molar-refractivity contribution in [1.82, 2.24) is 0 Å². The molecule has 0 saturated carbocycles. The third-order valence-electron chi connectivity index (χ3n) is 4.24. The molecule has 2 N–H and O–H groups in total. The molecule has 0 bridgehead atoms. The first-order chi connectivity index (χ1) is 9.33. The molecule has 3 heteroatoms. The maximum Gasteiger partial charge on any atom is 0.0725 e. The maximum atomic E-state index is 6.29. The summed E-state index contributed by atoms with van der Waals surface area (Å²) in [5.41, 5.74) is 10.2. The molecule has 19 heavy (non-hydrogen) atoms. The molecule has 104 valence electrons. The molecule has 3 nitrogen and oxygen atoms in total. The Labute approximate surface area is 115 Å². The fraction of sp³-hybridized carbons (Fsp3) is 0.625. The van der Waals surface area contributed by atoms with Crippen LogP contribution in [0.3, 0.4) is 0 Å². The second-order valence-electron chi connectivity index (χ2n) is 5.69. The van der Waals surface area contributed by atoms with Gasteiger partial charge in [-0.15, -0.1) is 0 Å². The minimum Gasteiger partial charge on any atom is -0.378 e. The molecule has 1 aromatic rings. The molecular weight excluding hydrogens is 238 g/mol. The molecular formula is C16H23NO2. The van der Waals surface area contributed by atoms with Crippen LogP contribution in [0.4, 0.5) is 0 Å². The molecule has 2 heterocycles. The summed E-state index contributed by atoms with van der Waals surface area (Å²) < 4.78 is 11.1. The molecule has 2 aliphatic rings. The number of rotatable bonds is 5. The normalized spacial score (nSPS) is 23.5. The van der Waals surface area contributed by atoms with Crippen LogP contribution in [0.1, 0.15) is 54.8 Å². The van der Waals surface area contributed by atoms with Gasteiger partial charge >= 0.3 is 0 Å². The summed E-state index contributed by atoms with van der Waals surface area (Å²) in [5.74, 6) is 0. The smallest absolute Gasteiger partial charge is 0.0725 e. The number of hydrogen-bond acceptors (Lipinski definition) is 3. The number of benzene rings is 1. The van der Waals surface area contributed by atoms with E-state index < -0.39 is 0 Å². The SMILES string of the molecule is NC(CCCC1CCCO1)c1ccc2c(c1)COC2. The standard InChI is InChI=1S/C16H23NO2/c17-16(5-1-3-15-4-2-8-19-15)12-6-7-13-10-18-11-14(13)9-12/h6-7,9,15-16H,1-5,8,10-11,17H2. The van der Waals surface area contributed by atoms with E-state index in [1.165, 1.54) is 29.5 Å². The van der Waals surface area contributed by atoms with Gasteiger partial charge in [0.2, 0.25) is 0 Å². The van der Waals surface area contributed by atoms with Crippen LogP contribution in [0, 0.1) is 0 Å². The number of ether oxygens (including phenoxy) is 2. The molecule has 1 aromatic carbocycles. The van der Waals surface area contributed by atoms with Gasteiger partial charge in [0, 0.05) is 12.6 Å². The Morgan fingerprint density at radius 2 is 2.16 bits per heavy atom. The topological polar surface area (TPSA) is 44.5 Å². The first kappa shape index (κ1) is 13.1. The van der Waals surface area contributed by atoms with Gasteiger partial charge in [0.1, 0.15) is 0 Å². The lowest BCUT2D eigenvalue weighted by Gasteiger charge is -2.15. The Bertz CT molecular complexity index is 427. The molecule has 2 atom stereocenters. The quantitative estimate of drug-likeness (QED) is 0.886. The van der Waals surface area contributed by atoms with Gasteiger partial charge in [-0.25, -0.2) is 0 Å². The van der Waals surface area contributed by atoms with E-state index in [4.69, 9.17) is 15.2 Å². The summed E-state index contributed by atoms with van der Waals surface area (Å²) in [6.45, 7) is 2.44. The third kappa shape index (κ3) is 3.16. The zero-order chi connectivity index (χ0) is 13.1. The van der Waals surface area contributed by atoms with Crippen molar-refractivity contribution in [3.05, 3.63) is 34.9 Å². The molecule has 1 saturated heterocycles. The average Bonchev–Trinajstić information content (AvgIpc) is 3.08. The second-order valence-corrected chi connectivity index (χ2v) is 5.69. The molecule has 2 unspecified atom stereocenters. The van der Waals surface area contributed by atoms with Crippen LogP contribution in [-0.4, -0.2) is 12.7 Å². The van der Waals surface area contributed by atoms with Crippen LogP contribution < -0.4 is 5.73 Å². The van der Waals surface area contributed by atoms with Crippen LogP contribution in [0.5, 0.6) is 0 Å². The maximum absolute atomic E-state index is 6.29. The number of nitrogens with two attached hydrogens (primary N) is 1. The lowest BCUT2D eigenvalue weighted by atomic mass is 9.97. The van der Waals surface area contributed by atoms with Gasteiger partial charge in [-0.05, 0) is 48.8 Å². The summed E-state index contributed by atoms with van der Waals surface area (Å²) >= 11 is 0. The van der Waals surface area contributed by atoms with Crippen molar-refractivity contribution in [1.29, 1.82) is 0 Å². The first-order valence-corrected chi connectivity index (χ1v) is 7.39. The summed E-state index contributed by atoms with van der Waals surface area (Å²) in [7, 11) is 0. The Morgan fingerprint density at radius 1 is 1.26 bits per heavy atom. The van der Waals surface area contributed by atoms with Gasteiger partial charge in [-0.1, -0.05) is 18.2 Å². The highest BCUT2D eigenvalue weighted by Crippen LogP contribution is 2.26. The molecule has 2 aliphatic heterocycles. The Morgan fingerprint density at radius 3 is 3.00 bits per heavy atom. The molecule has 0 aromatic heterocycles. The Hall–Kier alpha value is -0.900. The molecule has 1 fully saturated rings. The highest BCUT2D eigenvalue weighted by molar-refractivity contribution is 5.34. The fourth-order valence-corrected chi connectivity index (χ4v) is 3.03. The van der Waals surface area contributed by atoms with Crippen LogP contribution in [-0.2, 0) is 22.7 Å². The monoisotopic (exact) mass is 261 g/mol. The average molecular weight is 261 g/mol. The molecule has 0 aliphatic carbocycles. The predicted octanol–water partition coefficient (Wildman–Crippen LogP) is 3.07. The van der Waals surface area contributed by atoms with Crippen molar-refractivity contribution in [2.75, 3.05) is 6.61 Å². The van der Waals surface area contributed by atoms with E-state index in [1.54, 1.807) is 0 Å². The molecule has 0 radical (unpaired) electrons. The van der Waals surface area contributed by atoms with Crippen molar-refractivity contribution in [2.45, 2.75) is 57.5 Å². The number of hydrogen-bond donors (Lipinski definition) is 1. The van der Waals surface area contributed by atoms with E-state index in [-0.39, 0.29) is 6.04 Å². The highest BCUT2D eigenvalue weighted by atomic mass is 16.5. The van der Waals surface area contributed by atoms with E-state index in [1.807, 2.05) is 0 Å². The van der Waals surface area contributed by atoms with Gasteiger partial charge < -0.3 is 15.2 Å². The zero-order valence-corrected chi connectivity index (χ0v) is 11.4. The summed E-state index contributed by atoms with van der Waals surface area (Å²) in [6, 6.07) is 6.69. The summed E-state index contributed by atoms with van der Waals surface area (Å²) in [5, 5.41) is 0. The van der Waals surface area contributed by atoms with E-state index in [0.29, 0.717) is 6.10 Å². The van der Waals surface area contributed by atoms with Crippen LogP contribution >= 0.6 is 0 Å². The highest BCUT2D eigenvalue weighted by Gasteiger charge is 2.17. The Kier molecular flexibility index (Phi) is 4.16. The minimum absolute atomic E-state index is 0.146. The lowest BCUT2D eigenvalue weighted by molar-refractivity contribution is 0.101. The number of fused-ring (bicyclic) bond motifs is 1. The van der Waals surface area contributed by atoms with Gasteiger partial charge in [0.25, 0.3) is 0 Å². The van der Waals surface area contributed by atoms with E-state index in [9.17, 15) is 0 Å². The lowest BCUT2D eigenvalue weighted by Crippen LogP contribution is -2.12. The van der Waals surface area contributed by atoms with E-state index in [0.717, 1.165) is 39.1 Å². The first-order valence-electron chi connectivity index (χ1n) is 7.39. The van der Waals surface area contributed by atoms with Crippen LogP contribution in [0.2, 0.25) is 0 Å². The van der Waals surface area contributed by atoms with Crippen LogP contribution in [0.25, 0.3) is 0 Å². The van der Waals surface area contributed by atoms with Crippen molar-refractivity contribution in [3.8, 4) is 0 Å². The predicted molar refractivity (Wildman–Crippen MR) is 74.7 cm³/mol. The zero-order valence-electron chi connectivity index (χ0n) is 11.4. The minimum atomic E-state index is 0.146. The second kappa shape index (κ2) is 6.04. The molecule has 3 rings (SSSR count). The van der Waals surface area contributed by atoms with E-state index >= 15 is 0 Å². The fourth-order valence-electron chi connectivity index (χ4n) is 3.03.